The minimum Gasteiger partial charge on any atom is -0.314 e. The smallest absolute Gasteiger partial charge is 0.132 e. The molecule has 116 valence electrons. The van der Waals surface area contributed by atoms with Crippen LogP contribution in [0.5, 0.6) is 0 Å². The molecule has 0 spiro atoms. The predicted octanol–water partition coefficient (Wildman–Crippen LogP) is 3.82. The van der Waals surface area contributed by atoms with E-state index in [1.54, 1.807) is 0 Å². The fourth-order valence-electron chi connectivity index (χ4n) is 2.51. The van der Waals surface area contributed by atoms with Crippen molar-refractivity contribution in [3.05, 3.63) is 34.4 Å². The fourth-order valence-corrected chi connectivity index (χ4v) is 2.70. The Morgan fingerprint density at radius 2 is 1.70 bits per heavy atom. The van der Waals surface area contributed by atoms with Gasteiger partial charge in [0, 0.05) is 42.8 Å². The molecule has 1 aliphatic heterocycles. The van der Waals surface area contributed by atoms with E-state index in [1.807, 2.05) is 6.92 Å². The fraction of sp³-hybridized carbons (Fsp3) is 0.538. The average molecular weight is 348 g/mol. The summed E-state index contributed by atoms with van der Waals surface area (Å²) >= 11 is 5.65. The van der Waals surface area contributed by atoms with Crippen molar-refractivity contribution in [2.75, 3.05) is 26.2 Å². The first-order valence-corrected chi connectivity index (χ1v) is 6.60. The zero-order valence-electron chi connectivity index (χ0n) is 11.2. The van der Waals surface area contributed by atoms with Crippen LogP contribution in [0.15, 0.2) is 12.1 Å². The lowest BCUT2D eigenvalue weighted by Gasteiger charge is -2.35. The summed E-state index contributed by atoms with van der Waals surface area (Å²) in [5, 5.41) is 3.33. The number of nitrogens with zero attached hydrogens (tertiary/aromatic N) is 1. The quantitative estimate of drug-likeness (QED) is 0.894. The summed E-state index contributed by atoms with van der Waals surface area (Å²) in [6.07, 6.45) is 0.676. The van der Waals surface area contributed by atoms with E-state index in [0.717, 1.165) is 26.2 Å². The Bertz CT molecular complexity index is 403. The van der Waals surface area contributed by atoms with Gasteiger partial charge in [-0.05, 0) is 18.6 Å². The van der Waals surface area contributed by atoms with Gasteiger partial charge in [-0.25, -0.2) is 8.78 Å². The minimum atomic E-state index is -0.551. The van der Waals surface area contributed by atoms with Crippen LogP contribution in [0.4, 0.5) is 8.78 Å². The molecule has 1 fully saturated rings. The van der Waals surface area contributed by atoms with Gasteiger partial charge in [-0.3, -0.25) is 4.90 Å². The molecule has 1 saturated heterocycles. The lowest BCUT2D eigenvalue weighted by atomic mass is 10.0. The molecular weight excluding hydrogens is 329 g/mol. The van der Waals surface area contributed by atoms with Gasteiger partial charge in [-0.15, -0.1) is 24.8 Å². The van der Waals surface area contributed by atoms with Crippen LogP contribution < -0.4 is 5.32 Å². The van der Waals surface area contributed by atoms with Gasteiger partial charge in [-0.2, -0.15) is 0 Å². The molecule has 1 heterocycles. The van der Waals surface area contributed by atoms with Gasteiger partial charge in [0.25, 0.3) is 0 Å². The second-order valence-electron chi connectivity index (χ2n) is 4.49. The van der Waals surface area contributed by atoms with E-state index in [0.29, 0.717) is 6.42 Å². The minimum absolute atomic E-state index is 0. The number of hydrogen-bond acceptors (Lipinski definition) is 2. The summed E-state index contributed by atoms with van der Waals surface area (Å²) in [6.45, 7) is 5.26. The lowest BCUT2D eigenvalue weighted by molar-refractivity contribution is 0.163. The summed E-state index contributed by atoms with van der Waals surface area (Å²) in [5.41, 5.74) is 0.142. The second-order valence-corrected chi connectivity index (χ2v) is 4.93. The van der Waals surface area contributed by atoms with E-state index in [1.165, 1.54) is 12.1 Å². The van der Waals surface area contributed by atoms with Crippen LogP contribution in [0.25, 0.3) is 0 Å². The molecule has 0 aliphatic carbocycles. The van der Waals surface area contributed by atoms with E-state index < -0.39 is 11.6 Å². The monoisotopic (exact) mass is 346 g/mol. The molecule has 2 nitrogen and oxygen atoms in total. The number of rotatable bonds is 3. The van der Waals surface area contributed by atoms with Crippen LogP contribution >= 0.6 is 36.4 Å². The number of benzene rings is 1. The molecule has 1 N–H and O–H groups in total. The molecule has 0 radical (unpaired) electrons. The second kappa shape index (κ2) is 9.00. The zero-order chi connectivity index (χ0) is 13.1. The van der Waals surface area contributed by atoms with Crippen molar-refractivity contribution in [1.29, 1.82) is 0 Å². The maximum absolute atomic E-state index is 13.9. The summed E-state index contributed by atoms with van der Waals surface area (Å²) in [4.78, 5) is 2.12. The maximum atomic E-state index is 13.9. The SMILES string of the molecule is CC[C@@H](c1c(F)cc(Cl)cc1F)N1CCNCC1.Cl.Cl. The van der Waals surface area contributed by atoms with Gasteiger partial charge in [0.1, 0.15) is 11.6 Å². The molecule has 20 heavy (non-hydrogen) atoms. The zero-order valence-corrected chi connectivity index (χ0v) is 13.6. The van der Waals surface area contributed by atoms with Crippen LogP contribution in [0.3, 0.4) is 0 Å². The number of nitrogens with one attached hydrogen (secondary N) is 1. The van der Waals surface area contributed by atoms with E-state index in [4.69, 9.17) is 11.6 Å². The summed E-state index contributed by atoms with van der Waals surface area (Å²) in [7, 11) is 0. The first-order chi connectivity index (χ1) is 8.63. The van der Waals surface area contributed by atoms with E-state index in [9.17, 15) is 8.78 Å². The van der Waals surface area contributed by atoms with E-state index in [2.05, 4.69) is 10.2 Å². The van der Waals surface area contributed by atoms with Crippen LogP contribution in [0, 0.1) is 11.6 Å². The van der Waals surface area contributed by atoms with Crippen molar-refractivity contribution >= 4 is 36.4 Å². The molecule has 0 aromatic heterocycles. The van der Waals surface area contributed by atoms with E-state index >= 15 is 0 Å². The van der Waals surface area contributed by atoms with Gasteiger partial charge in [-0.1, -0.05) is 18.5 Å². The predicted molar refractivity (Wildman–Crippen MR) is 83.3 cm³/mol. The van der Waals surface area contributed by atoms with Crippen LogP contribution in [-0.4, -0.2) is 31.1 Å². The van der Waals surface area contributed by atoms with Gasteiger partial charge >= 0.3 is 0 Å². The Labute approximate surface area is 135 Å². The Morgan fingerprint density at radius 3 is 2.15 bits per heavy atom. The van der Waals surface area contributed by atoms with Gasteiger partial charge in [0.05, 0.1) is 0 Å². The van der Waals surface area contributed by atoms with Crippen molar-refractivity contribution in [2.45, 2.75) is 19.4 Å². The average Bonchev–Trinajstić information content (AvgIpc) is 2.34. The molecule has 0 amide bonds. The molecule has 0 bridgehead atoms. The summed E-state index contributed by atoms with van der Waals surface area (Å²) in [5.74, 6) is -1.10. The first kappa shape index (κ1) is 19.9. The normalized spacial score (nSPS) is 17.0. The van der Waals surface area contributed by atoms with Gasteiger partial charge < -0.3 is 5.32 Å². The molecule has 2 rings (SSSR count). The number of halogens is 5. The standard InChI is InChI=1S/C13H17ClF2N2.2ClH/c1-2-12(18-5-3-17-4-6-18)13-10(15)7-9(14)8-11(13)16;;/h7-8,12,17H,2-6H2,1H3;2*1H/t12-;;/m0../s1. The third-order valence-electron chi connectivity index (χ3n) is 3.36. The molecule has 1 aliphatic rings. The highest BCUT2D eigenvalue weighted by atomic mass is 35.5. The third kappa shape index (κ3) is 4.43. The highest BCUT2D eigenvalue weighted by molar-refractivity contribution is 6.30. The van der Waals surface area contributed by atoms with Crippen molar-refractivity contribution < 1.29 is 8.78 Å². The number of hydrogen-bond donors (Lipinski definition) is 1. The van der Waals surface area contributed by atoms with Crippen molar-refractivity contribution in [1.82, 2.24) is 10.2 Å². The molecule has 1 aromatic carbocycles. The molecular formula is C13H19Cl3F2N2. The van der Waals surface area contributed by atoms with Crippen molar-refractivity contribution in [2.24, 2.45) is 0 Å². The van der Waals surface area contributed by atoms with Crippen LogP contribution in [0.1, 0.15) is 24.9 Å². The maximum Gasteiger partial charge on any atom is 0.132 e. The Hall–Kier alpha value is -0.130. The molecule has 7 heteroatoms. The summed E-state index contributed by atoms with van der Waals surface area (Å²) < 4.78 is 27.9. The molecule has 1 atom stereocenters. The van der Waals surface area contributed by atoms with Crippen LogP contribution in [-0.2, 0) is 0 Å². The summed E-state index contributed by atoms with van der Waals surface area (Å²) in [6, 6.07) is 2.15. The molecule has 1 aromatic rings. The third-order valence-corrected chi connectivity index (χ3v) is 3.57. The Morgan fingerprint density at radius 1 is 1.20 bits per heavy atom. The Balaban J connectivity index is 0.00000180. The largest absolute Gasteiger partial charge is 0.314 e. The van der Waals surface area contributed by atoms with Crippen molar-refractivity contribution in [3.8, 4) is 0 Å². The highest BCUT2D eigenvalue weighted by Crippen LogP contribution is 2.30. The first-order valence-electron chi connectivity index (χ1n) is 6.22. The van der Waals surface area contributed by atoms with Gasteiger partial charge in [0.15, 0.2) is 0 Å². The molecule has 0 unspecified atom stereocenters. The molecule has 0 saturated carbocycles. The van der Waals surface area contributed by atoms with Gasteiger partial charge in [0.2, 0.25) is 0 Å². The van der Waals surface area contributed by atoms with Crippen LogP contribution in [0.2, 0.25) is 5.02 Å². The lowest BCUT2D eigenvalue weighted by Crippen LogP contribution is -2.45. The Kier molecular flexibility index (Phi) is 8.95. The highest BCUT2D eigenvalue weighted by Gasteiger charge is 2.26. The van der Waals surface area contributed by atoms with Crippen molar-refractivity contribution in [3.63, 3.8) is 0 Å². The van der Waals surface area contributed by atoms with E-state index in [-0.39, 0.29) is 41.4 Å². The topological polar surface area (TPSA) is 15.3 Å². The number of piperazine rings is 1.